The van der Waals surface area contributed by atoms with Gasteiger partial charge in [0.15, 0.2) is 5.69 Å². The third kappa shape index (κ3) is 4.01. The van der Waals surface area contributed by atoms with E-state index in [4.69, 9.17) is 0 Å². The van der Waals surface area contributed by atoms with Crippen LogP contribution in [0.15, 0.2) is 47.4 Å². The van der Waals surface area contributed by atoms with E-state index in [1.54, 1.807) is 4.90 Å². The topological polar surface area (TPSA) is 95.2 Å². The summed E-state index contributed by atoms with van der Waals surface area (Å²) in [6.45, 7) is 2.81. The number of benzene rings is 2. The first-order valence-electron chi connectivity index (χ1n) is 9.35. The molecule has 29 heavy (non-hydrogen) atoms. The summed E-state index contributed by atoms with van der Waals surface area (Å²) in [7, 11) is -3.73. The minimum absolute atomic E-state index is 0.0239. The van der Waals surface area contributed by atoms with E-state index < -0.39 is 15.8 Å². The minimum Gasteiger partial charge on any atom is -0.337 e. The Morgan fingerprint density at radius 1 is 1.17 bits per heavy atom. The second-order valence-corrected chi connectivity index (χ2v) is 8.98. The van der Waals surface area contributed by atoms with E-state index in [0.29, 0.717) is 31.6 Å². The van der Waals surface area contributed by atoms with Crippen molar-refractivity contribution in [2.24, 2.45) is 0 Å². The average molecular weight is 416 g/mol. The lowest BCUT2D eigenvalue weighted by atomic mass is 10.1. The summed E-state index contributed by atoms with van der Waals surface area (Å²) in [6.07, 6.45) is 0.987. The second kappa shape index (κ2) is 7.57. The van der Waals surface area contributed by atoms with Crippen molar-refractivity contribution in [2.45, 2.75) is 30.7 Å². The third-order valence-electron chi connectivity index (χ3n) is 5.15. The molecule has 2 heterocycles. The van der Waals surface area contributed by atoms with Crippen LogP contribution in [0.1, 0.15) is 28.9 Å². The number of aromatic nitrogens is 2. The van der Waals surface area contributed by atoms with E-state index in [0.717, 1.165) is 28.6 Å². The van der Waals surface area contributed by atoms with Crippen molar-refractivity contribution in [3.8, 4) is 0 Å². The number of fused-ring (bicyclic) bond motifs is 1. The van der Waals surface area contributed by atoms with Crippen molar-refractivity contribution in [3.63, 3.8) is 0 Å². The number of H-pyrrole nitrogens is 1. The zero-order valence-electron chi connectivity index (χ0n) is 15.9. The van der Waals surface area contributed by atoms with Gasteiger partial charge in [0, 0.05) is 24.5 Å². The Morgan fingerprint density at radius 3 is 2.55 bits per heavy atom. The number of piperidine rings is 1. The quantitative estimate of drug-likeness (QED) is 0.683. The second-order valence-electron chi connectivity index (χ2n) is 7.26. The van der Waals surface area contributed by atoms with Gasteiger partial charge >= 0.3 is 0 Å². The molecule has 1 fully saturated rings. The van der Waals surface area contributed by atoms with Gasteiger partial charge in [0.2, 0.25) is 10.0 Å². The molecule has 152 valence electrons. The summed E-state index contributed by atoms with van der Waals surface area (Å²) in [4.78, 5) is 14.6. The average Bonchev–Trinajstić information content (AvgIpc) is 3.11. The van der Waals surface area contributed by atoms with Crippen molar-refractivity contribution in [1.29, 1.82) is 0 Å². The Bertz CT molecular complexity index is 1150. The van der Waals surface area contributed by atoms with Crippen LogP contribution in [0.4, 0.5) is 4.39 Å². The van der Waals surface area contributed by atoms with Crippen LogP contribution in [0.25, 0.3) is 10.9 Å². The first kappa shape index (κ1) is 19.5. The zero-order valence-corrected chi connectivity index (χ0v) is 16.7. The Labute approximate surface area is 168 Å². The van der Waals surface area contributed by atoms with Crippen molar-refractivity contribution >= 4 is 26.8 Å². The van der Waals surface area contributed by atoms with E-state index in [9.17, 15) is 17.6 Å². The Kier molecular flexibility index (Phi) is 5.10. The number of nitrogens with zero attached hydrogens (tertiary/aromatic N) is 2. The number of aryl methyl sites for hydroxylation is 1. The maximum Gasteiger partial charge on any atom is 0.274 e. The summed E-state index contributed by atoms with van der Waals surface area (Å²) in [6, 6.07) is 10.2. The van der Waals surface area contributed by atoms with Crippen molar-refractivity contribution in [3.05, 3.63) is 59.5 Å². The maximum absolute atomic E-state index is 13.0. The molecule has 7 nitrogen and oxygen atoms in total. The highest BCUT2D eigenvalue weighted by Crippen LogP contribution is 2.21. The van der Waals surface area contributed by atoms with Crippen LogP contribution < -0.4 is 4.72 Å². The number of sulfonamides is 1. The number of hydrogen-bond donors (Lipinski definition) is 2. The zero-order chi connectivity index (χ0) is 20.6. The number of likely N-dealkylation sites (tertiary alicyclic amines) is 1. The van der Waals surface area contributed by atoms with E-state index >= 15 is 0 Å². The number of rotatable bonds is 4. The molecule has 1 aliphatic heterocycles. The van der Waals surface area contributed by atoms with Crippen LogP contribution in [0, 0.1) is 12.7 Å². The predicted molar refractivity (Wildman–Crippen MR) is 106 cm³/mol. The van der Waals surface area contributed by atoms with Crippen LogP contribution in [-0.2, 0) is 10.0 Å². The molecule has 1 saturated heterocycles. The molecular weight excluding hydrogens is 395 g/mol. The van der Waals surface area contributed by atoms with Crippen LogP contribution in [0.2, 0.25) is 0 Å². The Morgan fingerprint density at radius 2 is 1.86 bits per heavy atom. The first-order chi connectivity index (χ1) is 13.8. The molecule has 0 spiro atoms. The highest BCUT2D eigenvalue weighted by molar-refractivity contribution is 7.89. The summed E-state index contributed by atoms with van der Waals surface area (Å²) >= 11 is 0. The highest BCUT2D eigenvalue weighted by atomic mass is 32.2. The molecule has 1 amide bonds. The molecule has 9 heteroatoms. The molecule has 0 bridgehead atoms. The molecule has 1 aliphatic rings. The summed E-state index contributed by atoms with van der Waals surface area (Å²) in [5.41, 5.74) is 2.23. The van der Waals surface area contributed by atoms with Gasteiger partial charge in [0.05, 0.1) is 10.4 Å². The largest absolute Gasteiger partial charge is 0.337 e. The van der Waals surface area contributed by atoms with Crippen LogP contribution >= 0.6 is 0 Å². The monoisotopic (exact) mass is 416 g/mol. The number of carbonyl (C=O) groups excluding carboxylic acids is 1. The van der Waals surface area contributed by atoms with Gasteiger partial charge in [0.25, 0.3) is 5.91 Å². The van der Waals surface area contributed by atoms with Crippen LogP contribution in [-0.4, -0.2) is 48.6 Å². The van der Waals surface area contributed by atoms with Gasteiger partial charge in [-0.05, 0) is 56.2 Å². The standard InChI is InChI=1S/C20H21FN4O3S/c1-13-2-7-18-17(12-13)19(23-22-18)20(26)25-10-8-15(9-11-25)24-29(27,28)16-5-3-14(21)4-6-16/h2-7,12,15,24H,8-11H2,1H3,(H,22,23). The van der Waals surface area contributed by atoms with Gasteiger partial charge in [-0.2, -0.15) is 5.10 Å². The number of halogens is 1. The SMILES string of the molecule is Cc1ccc2[nH]nc(C(=O)N3CCC(NS(=O)(=O)c4ccc(F)cc4)CC3)c2c1. The lowest BCUT2D eigenvalue weighted by molar-refractivity contribution is 0.0707. The van der Waals surface area contributed by atoms with Crippen molar-refractivity contribution in [1.82, 2.24) is 19.8 Å². The fraction of sp³-hybridized carbons (Fsp3) is 0.300. The van der Waals surface area contributed by atoms with Gasteiger partial charge in [-0.1, -0.05) is 11.6 Å². The van der Waals surface area contributed by atoms with Crippen LogP contribution in [0.3, 0.4) is 0 Å². The molecule has 1 aromatic heterocycles. The fourth-order valence-corrected chi connectivity index (χ4v) is 4.85. The smallest absolute Gasteiger partial charge is 0.274 e. The number of carbonyl (C=O) groups is 1. The van der Waals surface area contributed by atoms with Gasteiger partial charge in [-0.15, -0.1) is 0 Å². The molecule has 0 unspecified atom stereocenters. The first-order valence-corrected chi connectivity index (χ1v) is 10.8. The minimum atomic E-state index is -3.73. The summed E-state index contributed by atoms with van der Waals surface area (Å²) < 4.78 is 40.6. The number of nitrogens with one attached hydrogen (secondary N) is 2. The van der Waals surface area contributed by atoms with Gasteiger partial charge < -0.3 is 4.90 Å². The molecular formula is C20H21FN4O3S. The molecule has 0 radical (unpaired) electrons. The molecule has 0 aliphatic carbocycles. The summed E-state index contributed by atoms with van der Waals surface area (Å²) in [5, 5.41) is 7.85. The Hall–Kier alpha value is -2.78. The molecule has 2 N–H and O–H groups in total. The van der Waals surface area contributed by atoms with Gasteiger partial charge in [0.1, 0.15) is 5.82 Å². The highest BCUT2D eigenvalue weighted by Gasteiger charge is 2.28. The maximum atomic E-state index is 13.0. The predicted octanol–water partition coefficient (Wildman–Crippen LogP) is 2.59. The third-order valence-corrected chi connectivity index (χ3v) is 6.69. The van der Waals surface area contributed by atoms with E-state index in [1.807, 2.05) is 25.1 Å². The van der Waals surface area contributed by atoms with Gasteiger partial charge in [-0.3, -0.25) is 9.89 Å². The van der Waals surface area contributed by atoms with E-state index in [2.05, 4.69) is 14.9 Å². The Balaban J connectivity index is 1.42. The van der Waals surface area contributed by atoms with Crippen LogP contribution in [0.5, 0.6) is 0 Å². The van der Waals surface area contributed by atoms with E-state index in [-0.39, 0.29) is 16.8 Å². The fourth-order valence-electron chi connectivity index (χ4n) is 3.54. The van der Waals surface area contributed by atoms with E-state index in [1.165, 1.54) is 12.1 Å². The molecule has 0 atom stereocenters. The molecule has 2 aromatic carbocycles. The number of aromatic amines is 1. The van der Waals surface area contributed by atoms with Gasteiger partial charge in [-0.25, -0.2) is 17.5 Å². The van der Waals surface area contributed by atoms with Crippen molar-refractivity contribution in [2.75, 3.05) is 13.1 Å². The van der Waals surface area contributed by atoms with Crippen molar-refractivity contribution < 1.29 is 17.6 Å². The number of amides is 1. The normalized spacial score (nSPS) is 15.7. The lowest BCUT2D eigenvalue weighted by Crippen LogP contribution is -2.46. The number of hydrogen-bond acceptors (Lipinski definition) is 4. The molecule has 0 saturated carbocycles. The lowest BCUT2D eigenvalue weighted by Gasteiger charge is -2.31. The molecule has 3 aromatic rings. The summed E-state index contributed by atoms with van der Waals surface area (Å²) in [5.74, 6) is -0.654. The molecule has 4 rings (SSSR count).